The van der Waals surface area contributed by atoms with Gasteiger partial charge in [0.15, 0.2) is 4.77 Å². The van der Waals surface area contributed by atoms with Crippen molar-refractivity contribution in [3.63, 3.8) is 0 Å². The molecule has 0 radical (unpaired) electrons. The van der Waals surface area contributed by atoms with Gasteiger partial charge in [0.2, 0.25) is 0 Å². The molecule has 1 fully saturated rings. The van der Waals surface area contributed by atoms with Gasteiger partial charge in [-0.25, -0.2) is 0 Å². The first kappa shape index (κ1) is 12.1. The van der Waals surface area contributed by atoms with Gasteiger partial charge in [0.05, 0.1) is 17.2 Å². The van der Waals surface area contributed by atoms with E-state index in [0.717, 1.165) is 16.6 Å². The first-order valence-corrected chi connectivity index (χ1v) is 7.17. The molecule has 1 aliphatic heterocycles. The molecule has 1 aliphatic rings. The fraction of sp³-hybridized carbons (Fsp3) is 0.500. The van der Waals surface area contributed by atoms with E-state index >= 15 is 0 Å². The van der Waals surface area contributed by atoms with E-state index in [2.05, 4.69) is 4.98 Å². The van der Waals surface area contributed by atoms with Crippen LogP contribution in [0, 0.1) is 4.77 Å². The molecule has 0 aromatic carbocycles. The van der Waals surface area contributed by atoms with E-state index in [9.17, 15) is 4.79 Å². The van der Waals surface area contributed by atoms with Crippen LogP contribution in [-0.2, 0) is 10.3 Å². The van der Waals surface area contributed by atoms with Gasteiger partial charge in [0.25, 0.3) is 5.56 Å². The second-order valence-electron chi connectivity index (χ2n) is 4.85. The number of H-pyrrole nitrogens is 1. The minimum absolute atomic E-state index is 0.0106. The zero-order chi connectivity index (χ0) is 12.9. The molecule has 0 aliphatic carbocycles. The molecule has 2 aromatic rings. The average molecular weight is 282 g/mol. The van der Waals surface area contributed by atoms with Gasteiger partial charge in [0.1, 0.15) is 4.70 Å². The van der Waals surface area contributed by atoms with Crippen LogP contribution in [-0.4, -0.2) is 22.3 Å². The summed E-state index contributed by atoms with van der Waals surface area (Å²) in [4.78, 5) is 15.7. The smallest absolute Gasteiger partial charge is 0.272 e. The van der Waals surface area contributed by atoms with Crippen LogP contribution in [0.3, 0.4) is 0 Å². The largest absolute Gasteiger partial charge is 0.376 e. The number of ether oxygens (including phenoxy) is 1. The van der Waals surface area contributed by atoms with Crippen LogP contribution in [0.2, 0.25) is 0 Å². The van der Waals surface area contributed by atoms with E-state index in [1.54, 1.807) is 4.57 Å². The first-order valence-electron chi connectivity index (χ1n) is 5.88. The highest BCUT2D eigenvalue weighted by Crippen LogP contribution is 2.32. The third-order valence-corrected chi connectivity index (χ3v) is 5.06. The molecule has 0 bridgehead atoms. The predicted molar refractivity (Wildman–Crippen MR) is 74.9 cm³/mol. The Morgan fingerprint density at radius 1 is 1.67 bits per heavy atom. The van der Waals surface area contributed by atoms with E-state index in [1.165, 1.54) is 11.3 Å². The number of aromatic amines is 1. The van der Waals surface area contributed by atoms with Crippen molar-refractivity contribution in [3.05, 3.63) is 26.6 Å². The van der Waals surface area contributed by atoms with E-state index in [1.807, 2.05) is 25.3 Å². The summed E-state index contributed by atoms with van der Waals surface area (Å²) in [6.45, 7) is 4.70. The number of hydrogen-bond acceptors (Lipinski definition) is 4. The molecule has 96 valence electrons. The summed E-state index contributed by atoms with van der Waals surface area (Å²) in [7, 11) is 0. The Bertz CT molecular complexity index is 715. The van der Waals surface area contributed by atoms with Gasteiger partial charge < -0.3 is 9.72 Å². The van der Waals surface area contributed by atoms with E-state index in [-0.39, 0.29) is 17.2 Å². The van der Waals surface area contributed by atoms with Gasteiger partial charge in [-0.15, -0.1) is 11.3 Å². The average Bonchev–Trinajstić information content (AvgIpc) is 2.88. The quantitative estimate of drug-likeness (QED) is 0.818. The summed E-state index contributed by atoms with van der Waals surface area (Å²) >= 11 is 6.79. The Morgan fingerprint density at radius 2 is 2.44 bits per heavy atom. The summed E-state index contributed by atoms with van der Waals surface area (Å²) < 4.78 is 8.51. The van der Waals surface area contributed by atoms with Gasteiger partial charge >= 0.3 is 0 Å². The fourth-order valence-electron chi connectivity index (χ4n) is 2.52. The van der Waals surface area contributed by atoms with Gasteiger partial charge in [-0.3, -0.25) is 9.36 Å². The van der Waals surface area contributed by atoms with Crippen LogP contribution in [0.25, 0.3) is 10.2 Å². The Labute approximate surface area is 113 Å². The third kappa shape index (κ3) is 1.52. The number of rotatable bonds is 1. The summed E-state index contributed by atoms with van der Waals surface area (Å²) in [6, 6.07) is 1.89. The second kappa shape index (κ2) is 4.01. The third-order valence-electron chi connectivity index (χ3n) is 3.87. The highest BCUT2D eigenvalue weighted by Gasteiger charge is 2.40. The van der Waals surface area contributed by atoms with Crippen molar-refractivity contribution >= 4 is 33.8 Å². The number of thiophene rings is 1. The minimum Gasteiger partial charge on any atom is -0.376 e. The fourth-order valence-corrected chi connectivity index (χ4v) is 3.70. The molecule has 1 N–H and O–H groups in total. The van der Waals surface area contributed by atoms with Crippen molar-refractivity contribution in [3.8, 4) is 0 Å². The van der Waals surface area contributed by atoms with Crippen molar-refractivity contribution in [2.75, 3.05) is 6.61 Å². The second-order valence-corrected chi connectivity index (χ2v) is 6.16. The molecule has 6 heteroatoms. The highest BCUT2D eigenvalue weighted by atomic mass is 32.1. The summed E-state index contributed by atoms with van der Waals surface area (Å²) in [6.07, 6.45) is 0.797. The standard InChI is InChI=1S/C12H14N2O2S2/c1-7-12(2,4-5-16-7)14-10(15)9-8(3-6-18-9)13-11(14)17/h3,6-7H,4-5H2,1-2H3,(H,13,17). The lowest BCUT2D eigenvalue weighted by atomic mass is 9.94. The number of nitrogens with one attached hydrogen (secondary N) is 1. The molecule has 2 aromatic heterocycles. The zero-order valence-corrected chi connectivity index (χ0v) is 11.9. The molecule has 3 heterocycles. The lowest BCUT2D eigenvalue weighted by Crippen LogP contribution is -2.44. The number of nitrogens with zero attached hydrogens (tertiary/aromatic N) is 1. The van der Waals surface area contributed by atoms with Crippen LogP contribution < -0.4 is 5.56 Å². The molecular weight excluding hydrogens is 268 g/mol. The maximum atomic E-state index is 12.6. The molecule has 4 nitrogen and oxygen atoms in total. The lowest BCUT2D eigenvalue weighted by molar-refractivity contribution is 0.0737. The van der Waals surface area contributed by atoms with Crippen LogP contribution in [0.4, 0.5) is 0 Å². The number of aromatic nitrogens is 2. The van der Waals surface area contributed by atoms with Gasteiger partial charge in [-0.05, 0) is 43.9 Å². The summed E-state index contributed by atoms with van der Waals surface area (Å²) in [5, 5.41) is 1.90. The highest BCUT2D eigenvalue weighted by molar-refractivity contribution is 7.71. The Balaban J connectivity index is 2.35. The molecule has 0 saturated carbocycles. The van der Waals surface area contributed by atoms with Crippen molar-refractivity contribution in [1.82, 2.24) is 9.55 Å². The van der Waals surface area contributed by atoms with E-state index in [0.29, 0.717) is 11.4 Å². The maximum absolute atomic E-state index is 12.6. The SMILES string of the molecule is CC1OCCC1(C)n1c(=S)[nH]c2ccsc2c1=O. The summed E-state index contributed by atoms with van der Waals surface area (Å²) in [5.74, 6) is 0. The van der Waals surface area contributed by atoms with Crippen LogP contribution in [0.15, 0.2) is 16.2 Å². The van der Waals surface area contributed by atoms with Gasteiger partial charge in [-0.2, -0.15) is 0 Å². The van der Waals surface area contributed by atoms with Crippen LogP contribution >= 0.6 is 23.6 Å². The number of hydrogen-bond donors (Lipinski definition) is 1. The summed E-state index contributed by atoms with van der Waals surface area (Å²) in [5.41, 5.74) is 0.452. The first-order chi connectivity index (χ1) is 8.54. The Hall–Kier alpha value is -0.980. The topological polar surface area (TPSA) is 47.0 Å². The molecule has 2 atom stereocenters. The predicted octanol–water partition coefficient (Wildman–Crippen LogP) is 2.64. The zero-order valence-electron chi connectivity index (χ0n) is 10.2. The Morgan fingerprint density at radius 3 is 3.11 bits per heavy atom. The van der Waals surface area contributed by atoms with Crippen molar-refractivity contribution < 1.29 is 4.74 Å². The molecule has 3 rings (SSSR count). The normalized spacial score (nSPS) is 28.0. The van der Waals surface area contributed by atoms with E-state index < -0.39 is 0 Å². The monoisotopic (exact) mass is 282 g/mol. The van der Waals surface area contributed by atoms with E-state index in [4.69, 9.17) is 17.0 Å². The van der Waals surface area contributed by atoms with Gasteiger partial charge in [0, 0.05) is 6.61 Å². The van der Waals surface area contributed by atoms with Crippen LogP contribution in [0.5, 0.6) is 0 Å². The van der Waals surface area contributed by atoms with Gasteiger partial charge in [-0.1, -0.05) is 0 Å². The molecule has 0 spiro atoms. The van der Waals surface area contributed by atoms with Crippen molar-refractivity contribution in [2.45, 2.75) is 31.9 Å². The van der Waals surface area contributed by atoms with Crippen molar-refractivity contribution in [1.29, 1.82) is 0 Å². The van der Waals surface area contributed by atoms with Crippen molar-refractivity contribution in [2.24, 2.45) is 0 Å². The molecule has 18 heavy (non-hydrogen) atoms. The number of fused-ring (bicyclic) bond motifs is 1. The van der Waals surface area contributed by atoms with Crippen LogP contribution in [0.1, 0.15) is 20.3 Å². The molecule has 0 amide bonds. The molecule has 2 unspecified atom stereocenters. The Kier molecular flexibility index (Phi) is 2.69. The molecule has 1 saturated heterocycles. The molecular formula is C12H14N2O2S2. The minimum atomic E-state index is -0.358. The lowest BCUT2D eigenvalue weighted by Gasteiger charge is -2.29. The maximum Gasteiger partial charge on any atom is 0.272 e.